The Bertz CT molecular complexity index is 1050. The zero-order valence-electron chi connectivity index (χ0n) is 19.1. The Morgan fingerprint density at radius 1 is 1.16 bits per heavy atom. The van der Waals surface area contributed by atoms with E-state index in [1.54, 1.807) is 25.6 Å². The van der Waals surface area contributed by atoms with Crippen molar-refractivity contribution in [3.05, 3.63) is 53.0 Å². The lowest BCUT2D eigenvalue weighted by Gasteiger charge is -2.34. The van der Waals surface area contributed by atoms with Crippen molar-refractivity contribution in [1.29, 1.82) is 0 Å². The molecule has 6 nitrogen and oxygen atoms in total. The quantitative estimate of drug-likeness (QED) is 0.528. The summed E-state index contributed by atoms with van der Waals surface area (Å²) in [6.45, 7) is 5.69. The summed E-state index contributed by atoms with van der Waals surface area (Å²) in [6.07, 6.45) is 2.05. The number of aromatic nitrogens is 1. The number of hydrogen-bond donors (Lipinski definition) is 1. The van der Waals surface area contributed by atoms with Crippen LogP contribution < -0.4 is 14.8 Å². The number of likely N-dealkylation sites (tertiary alicyclic amines) is 1. The molecule has 2 aromatic carbocycles. The third-order valence-corrected chi connectivity index (χ3v) is 7.28. The molecule has 32 heavy (non-hydrogen) atoms. The van der Waals surface area contributed by atoms with Gasteiger partial charge in [0.15, 0.2) is 11.5 Å². The van der Waals surface area contributed by atoms with Gasteiger partial charge in [0.05, 0.1) is 35.5 Å². The lowest BCUT2D eigenvalue weighted by atomic mass is 9.95. The molecule has 1 fully saturated rings. The highest BCUT2D eigenvalue weighted by atomic mass is 32.1. The fourth-order valence-corrected chi connectivity index (χ4v) is 5.43. The van der Waals surface area contributed by atoms with Gasteiger partial charge in [-0.1, -0.05) is 32.0 Å². The number of rotatable bonds is 6. The molecule has 3 aromatic rings. The van der Waals surface area contributed by atoms with E-state index in [1.807, 2.05) is 35.2 Å². The van der Waals surface area contributed by atoms with Crippen molar-refractivity contribution in [2.75, 3.05) is 27.3 Å². The first-order valence-electron chi connectivity index (χ1n) is 11.1. The maximum absolute atomic E-state index is 13.3. The number of methoxy groups -OCH3 is 2. The number of fused-ring (bicyclic) bond motifs is 1. The number of benzene rings is 2. The number of urea groups is 1. The molecule has 0 saturated carbocycles. The molecule has 2 heterocycles. The Balaban J connectivity index is 1.48. The lowest BCUT2D eigenvalue weighted by Crippen LogP contribution is -2.46. The number of hydrogen-bond acceptors (Lipinski definition) is 5. The minimum Gasteiger partial charge on any atom is -0.493 e. The fraction of sp³-hybridized carbons (Fsp3) is 0.440. The molecule has 1 N–H and O–H groups in total. The molecule has 2 amide bonds. The van der Waals surface area contributed by atoms with Gasteiger partial charge in [0.25, 0.3) is 0 Å². The van der Waals surface area contributed by atoms with Crippen molar-refractivity contribution in [2.24, 2.45) is 5.92 Å². The van der Waals surface area contributed by atoms with Crippen LogP contribution in [0.4, 0.5) is 4.79 Å². The van der Waals surface area contributed by atoms with Crippen LogP contribution in [-0.2, 0) is 0 Å². The van der Waals surface area contributed by atoms with Gasteiger partial charge in [0.2, 0.25) is 0 Å². The molecule has 0 spiro atoms. The highest BCUT2D eigenvalue weighted by Crippen LogP contribution is 2.34. The molecular formula is C25H31N3O3S. The second-order valence-corrected chi connectivity index (χ2v) is 9.65. The first kappa shape index (κ1) is 22.4. The standard InChI is InChI=1S/C25H31N3O3S/c1-16(2)23(17-11-12-20(30-3)21(14-17)31-4)27-25(29)28-13-7-8-18(15-28)24-26-19-9-5-6-10-22(19)32-24/h5-6,9-12,14,16,18,23H,7-8,13,15H2,1-4H3,(H,27,29)/t18-,23-/m1/s1. The van der Waals surface area contributed by atoms with Crippen molar-refractivity contribution in [3.63, 3.8) is 0 Å². The minimum absolute atomic E-state index is 0.0238. The zero-order valence-corrected chi connectivity index (χ0v) is 19.9. The minimum atomic E-state index is -0.120. The molecule has 1 aliphatic heterocycles. The van der Waals surface area contributed by atoms with Crippen LogP contribution >= 0.6 is 11.3 Å². The summed E-state index contributed by atoms with van der Waals surface area (Å²) in [6, 6.07) is 13.9. The molecule has 4 rings (SSSR count). The number of ether oxygens (including phenoxy) is 2. The van der Waals surface area contributed by atoms with Crippen LogP contribution in [0.3, 0.4) is 0 Å². The van der Waals surface area contributed by atoms with E-state index < -0.39 is 0 Å². The van der Waals surface area contributed by atoms with Crippen molar-refractivity contribution in [2.45, 2.75) is 38.6 Å². The van der Waals surface area contributed by atoms with Gasteiger partial charge in [-0.15, -0.1) is 11.3 Å². The summed E-state index contributed by atoms with van der Waals surface area (Å²) in [5, 5.41) is 4.39. The lowest BCUT2D eigenvalue weighted by molar-refractivity contribution is 0.172. The molecule has 0 aliphatic carbocycles. The number of carbonyl (C=O) groups excluding carboxylic acids is 1. The highest BCUT2D eigenvalue weighted by Gasteiger charge is 2.29. The van der Waals surface area contributed by atoms with E-state index in [4.69, 9.17) is 14.5 Å². The number of thiazole rings is 1. The van der Waals surface area contributed by atoms with E-state index in [0.717, 1.165) is 35.5 Å². The summed E-state index contributed by atoms with van der Waals surface area (Å²) < 4.78 is 12.0. The summed E-state index contributed by atoms with van der Waals surface area (Å²) in [7, 11) is 3.25. The average Bonchev–Trinajstić information content (AvgIpc) is 3.26. The van der Waals surface area contributed by atoms with E-state index in [0.29, 0.717) is 18.0 Å². The maximum Gasteiger partial charge on any atom is 0.317 e. The van der Waals surface area contributed by atoms with Gasteiger partial charge in [-0.2, -0.15) is 0 Å². The number of piperidine rings is 1. The Morgan fingerprint density at radius 2 is 1.94 bits per heavy atom. The smallest absolute Gasteiger partial charge is 0.317 e. The number of nitrogens with zero attached hydrogens (tertiary/aromatic N) is 2. The first-order valence-corrected chi connectivity index (χ1v) is 11.9. The number of carbonyl (C=O) groups is 1. The van der Waals surface area contributed by atoms with Crippen LogP contribution in [0.25, 0.3) is 10.2 Å². The Kier molecular flexibility index (Phi) is 6.84. The number of nitrogens with one attached hydrogen (secondary N) is 1. The van der Waals surface area contributed by atoms with Gasteiger partial charge in [-0.3, -0.25) is 0 Å². The van der Waals surface area contributed by atoms with Crippen LogP contribution in [0, 0.1) is 5.92 Å². The largest absolute Gasteiger partial charge is 0.493 e. The molecule has 2 atom stereocenters. The summed E-state index contributed by atoms with van der Waals surface area (Å²) in [5.41, 5.74) is 2.05. The van der Waals surface area contributed by atoms with Crippen LogP contribution in [0.2, 0.25) is 0 Å². The normalized spacial score (nSPS) is 17.4. The Labute approximate surface area is 193 Å². The second kappa shape index (κ2) is 9.77. The third kappa shape index (κ3) is 4.67. The Hall–Kier alpha value is -2.80. The van der Waals surface area contributed by atoms with Gasteiger partial charge >= 0.3 is 6.03 Å². The number of para-hydroxylation sites is 1. The van der Waals surface area contributed by atoms with Crippen LogP contribution in [0.5, 0.6) is 11.5 Å². The maximum atomic E-state index is 13.3. The van der Waals surface area contributed by atoms with E-state index in [-0.39, 0.29) is 23.9 Å². The molecule has 7 heteroatoms. The summed E-state index contributed by atoms with van der Waals surface area (Å²) in [4.78, 5) is 20.0. The van der Waals surface area contributed by atoms with Crippen LogP contribution in [0.1, 0.15) is 49.2 Å². The van der Waals surface area contributed by atoms with Crippen molar-refractivity contribution in [3.8, 4) is 11.5 Å². The van der Waals surface area contributed by atoms with E-state index in [2.05, 4.69) is 31.3 Å². The topological polar surface area (TPSA) is 63.7 Å². The summed E-state index contributed by atoms with van der Waals surface area (Å²) >= 11 is 1.75. The van der Waals surface area contributed by atoms with E-state index in [1.165, 1.54) is 4.70 Å². The van der Waals surface area contributed by atoms with Gasteiger partial charge in [0.1, 0.15) is 0 Å². The van der Waals surface area contributed by atoms with Gasteiger partial charge < -0.3 is 19.7 Å². The monoisotopic (exact) mass is 453 g/mol. The molecular weight excluding hydrogens is 422 g/mol. The van der Waals surface area contributed by atoms with Crippen molar-refractivity contribution >= 4 is 27.6 Å². The molecule has 1 saturated heterocycles. The highest BCUT2D eigenvalue weighted by molar-refractivity contribution is 7.18. The van der Waals surface area contributed by atoms with Crippen LogP contribution in [0.15, 0.2) is 42.5 Å². The Morgan fingerprint density at radius 3 is 2.66 bits per heavy atom. The average molecular weight is 454 g/mol. The third-order valence-electron chi connectivity index (χ3n) is 6.08. The fourth-order valence-electron chi connectivity index (χ4n) is 4.33. The van der Waals surface area contributed by atoms with Crippen LogP contribution in [-0.4, -0.2) is 43.2 Å². The second-order valence-electron chi connectivity index (χ2n) is 8.59. The molecule has 1 aromatic heterocycles. The molecule has 170 valence electrons. The van der Waals surface area contributed by atoms with Crippen molar-refractivity contribution < 1.29 is 14.3 Å². The molecule has 0 radical (unpaired) electrons. The van der Waals surface area contributed by atoms with E-state index >= 15 is 0 Å². The first-order chi connectivity index (χ1) is 15.5. The van der Waals surface area contributed by atoms with Gasteiger partial charge in [0, 0.05) is 19.0 Å². The summed E-state index contributed by atoms with van der Waals surface area (Å²) in [5.74, 6) is 1.85. The van der Waals surface area contributed by atoms with Gasteiger partial charge in [-0.25, -0.2) is 9.78 Å². The predicted molar refractivity (Wildman–Crippen MR) is 129 cm³/mol. The number of amides is 2. The van der Waals surface area contributed by atoms with E-state index in [9.17, 15) is 4.79 Å². The molecule has 0 unspecified atom stereocenters. The molecule has 0 bridgehead atoms. The van der Waals surface area contributed by atoms with Gasteiger partial charge in [-0.05, 0) is 48.6 Å². The zero-order chi connectivity index (χ0) is 22.7. The SMILES string of the molecule is COc1ccc([C@H](NC(=O)N2CCC[C@@H](c3nc4ccccc4s3)C2)C(C)C)cc1OC. The molecule has 1 aliphatic rings. The predicted octanol–water partition coefficient (Wildman–Crippen LogP) is 5.60. The van der Waals surface area contributed by atoms with Crippen molar-refractivity contribution in [1.82, 2.24) is 15.2 Å².